The Morgan fingerprint density at radius 1 is 1.27 bits per heavy atom. The second-order valence-corrected chi connectivity index (χ2v) is 5.44. The molecular formula is C17H18N2O3. The highest BCUT2D eigenvalue weighted by Crippen LogP contribution is 2.28. The molecule has 2 heterocycles. The highest BCUT2D eigenvalue weighted by molar-refractivity contribution is 6.03. The van der Waals surface area contributed by atoms with Crippen molar-refractivity contribution in [1.82, 2.24) is 0 Å². The van der Waals surface area contributed by atoms with E-state index in [1.54, 1.807) is 17.0 Å². The molecule has 0 radical (unpaired) electrons. The van der Waals surface area contributed by atoms with E-state index in [2.05, 4.69) is 5.32 Å². The lowest BCUT2D eigenvalue weighted by molar-refractivity contribution is -0.119. The monoisotopic (exact) mass is 298 g/mol. The maximum Gasteiger partial charge on any atom is 0.291 e. The summed E-state index contributed by atoms with van der Waals surface area (Å²) in [6.07, 6.45) is 4.00. The van der Waals surface area contributed by atoms with Crippen LogP contribution in [0.25, 0.3) is 0 Å². The van der Waals surface area contributed by atoms with Crippen LogP contribution < -0.4 is 10.2 Å². The van der Waals surface area contributed by atoms with Crippen LogP contribution >= 0.6 is 0 Å². The van der Waals surface area contributed by atoms with Gasteiger partial charge in [0.2, 0.25) is 5.91 Å². The van der Waals surface area contributed by atoms with E-state index in [-0.39, 0.29) is 17.6 Å². The molecule has 0 unspecified atom stereocenters. The summed E-state index contributed by atoms with van der Waals surface area (Å²) in [5, 5.41) is 2.80. The molecule has 1 aliphatic rings. The van der Waals surface area contributed by atoms with Crippen LogP contribution in [0.15, 0.2) is 41.0 Å². The second-order valence-electron chi connectivity index (χ2n) is 5.44. The Bertz CT molecular complexity index is 692. The van der Waals surface area contributed by atoms with Crippen molar-refractivity contribution in [3.63, 3.8) is 0 Å². The first-order chi connectivity index (χ1) is 10.6. The molecule has 0 spiro atoms. The van der Waals surface area contributed by atoms with Gasteiger partial charge in [0.1, 0.15) is 0 Å². The van der Waals surface area contributed by atoms with Gasteiger partial charge in [-0.1, -0.05) is 6.07 Å². The molecule has 0 atom stereocenters. The number of nitrogens with zero attached hydrogens (tertiary/aromatic N) is 1. The number of benzene rings is 1. The van der Waals surface area contributed by atoms with Crippen molar-refractivity contribution in [2.24, 2.45) is 0 Å². The van der Waals surface area contributed by atoms with Crippen molar-refractivity contribution in [3.8, 4) is 0 Å². The van der Waals surface area contributed by atoms with Crippen molar-refractivity contribution >= 4 is 23.2 Å². The molecule has 114 valence electrons. The van der Waals surface area contributed by atoms with E-state index in [0.29, 0.717) is 12.1 Å². The molecule has 2 amide bonds. The van der Waals surface area contributed by atoms with Gasteiger partial charge in [-0.15, -0.1) is 0 Å². The third kappa shape index (κ3) is 2.88. The smallest absolute Gasteiger partial charge is 0.291 e. The summed E-state index contributed by atoms with van der Waals surface area (Å²) in [5.74, 6) is 0.102. The van der Waals surface area contributed by atoms with Crippen LogP contribution in [0.3, 0.4) is 0 Å². The Labute approximate surface area is 128 Å². The van der Waals surface area contributed by atoms with Gasteiger partial charge in [-0.25, -0.2) is 0 Å². The molecule has 2 aromatic rings. The van der Waals surface area contributed by atoms with E-state index in [1.807, 2.05) is 25.1 Å². The standard InChI is InChI=1S/C17H18N2O3/c1-12-7-8-13(18-17(21)15-5-4-10-22-15)11-14(12)19-9-3-2-6-16(19)20/h4-5,7-8,10-11H,2-3,6,9H2,1H3,(H,18,21). The number of piperidine rings is 1. The summed E-state index contributed by atoms with van der Waals surface area (Å²) in [6, 6.07) is 8.86. The lowest BCUT2D eigenvalue weighted by Crippen LogP contribution is -2.35. The first-order valence-electron chi connectivity index (χ1n) is 7.41. The van der Waals surface area contributed by atoms with Gasteiger partial charge in [0.15, 0.2) is 5.76 Å². The molecule has 0 aliphatic carbocycles. The number of hydrogen-bond donors (Lipinski definition) is 1. The molecule has 0 saturated carbocycles. The molecule has 1 aromatic carbocycles. The van der Waals surface area contributed by atoms with Gasteiger partial charge in [0.25, 0.3) is 5.91 Å². The fraction of sp³-hybridized carbons (Fsp3) is 0.294. The molecule has 1 N–H and O–H groups in total. The summed E-state index contributed by atoms with van der Waals surface area (Å²) >= 11 is 0. The molecule has 22 heavy (non-hydrogen) atoms. The number of hydrogen-bond acceptors (Lipinski definition) is 3. The van der Waals surface area contributed by atoms with Crippen LogP contribution in [0.1, 0.15) is 35.4 Å². The van der Waals surface area contributed by atoms with Crippen molar-refractivity contribution in [2.45, 2.75) is 26.2 Å². The Kier molecular flexibility index (Phi) is 3.96. The Balaban J connectivity index is 1.83. The minimum Gasteiger partial charge on any atom is -0.459 e. The Hall–Kier alpha value is -2.56. The molecule has 0 bridgehead atoms. The van der Waals surface area contributed by atoms with Crippen molar-refractivity contribution in [2.75, 3.05) is 16.8 Å². The lowest BCUT2D eigenvalue weighted by Gasteiger charge is -2.28. The maximum absolute atomic E-state index is 12.1. The Morgan fingerprint density at radius 2 is 2.14 bits per heavy atom. The second kappa shape index (κ2) is 6.05. The average molecular weight is 298 g/mol. The minimum atomic E-state index is -0.301. The molecular weight excluding hydrogens is 280 g/mol. The van der Waals surface area contributed by atoms with Crippen LogP contribution in [0.5, 0.6) is 0 Å². The summed E-state index contributed by atoms with van der Waals surface area (Å²) in [4.78, 5) is 25.9. The number of carbonyl (C=O) groups is 2. The average Bonchev–Trinajstić information content (AvgIpc) is 3.04. The predicted molar refractivity (Wildman–Crippen MR) is 84.0 cm³/mol. The van der Waals surface area contributed by atoms with Crippen LogP contribution in [0, 0.1) is 6.92 Å². The topological polar surface area (TPSA) is 62.6 Å². The van der Waals surface area contributed by atoms with E-state index >= 15 is 0 Å². The first-order valence-corrected chi connectivity index (χ1v) is 7.41. The molecule has 1 aliphatic heterocycles. The number of furan rings is 1. The number of aryl methyl sites for hydroxylation is 1. The summed E-state index contributed by atoms with van der Waals surface area (Å²) in [6.45, 7) is 2.70. The van der Waals surface area contributed by atoms with Gasteiger partial charge in [0.05, 0.1) is 6.26 Å². The third-order valence-corrected chi connectivity index (χ3v) is 3.83. The van der Waals surface area contributed by atoms with Crippen molar-refractivity contribution in [1.29, 1.82) is 0 Å². The normalized spacial score (nSPS) is 15.0. The van der Waals surface area contributed by atoms with Gasteiger partial charge in [-0.2, -0.15) is 0 Å². The predicted octanol–water partition coefficient (Wildman–Crippen LogP) is 3.36. The van der Waals surface area contributed by atoms with Crippen LogP contribution in [-0.4, -0.2) is 18.4 Å². The van der Waals surface area contributed by atoms with Gasteiger partial charge < -0.3 is 14.6 Å². The Morgan fingerprint density at radius 3 is 2.86 bits per heavy atom. The maximum atomic E-state index is 12.1. The number of amides is 2. The number of carbonyl (C=O) groups excluding carboxylic acids is 2. The lowest BCUT2D eigenvalue weighted by atomic mass is 10.1. The van der Waals surface area contributed by atoms with E-state index in [0.717, 1.165) is 30.6 Å². The highest BCUT2D eigenvalue weighted by Gasteiger charge is 2.21. The molecule has 1 saturated heterocycles. The van der Waals surface area contributed by atoms with E-state index in [1.165, 1.54) is 6.26 Å². The number of nitrogens with one attached hydrogen (secondary N) is 1. The van der Waals surface area contributed by atoms with Crippen LogP contribution in [0.4, 0.5) is 11.4 Å². The van der Waals surface area contributed by atoms with Crippen molar-refractivity contribution < 1.29 is 14.0 Å². The molecule has 5 heteroatoms. The number of anilines is 2. The number of rotatable bonds is 3. The van der Waals surface area contributed by atoms with Gasteiger partial charge in [-0.3, -0.25) is 9.59 Å². The van der Waals surface area contributed by atoms with Crippen LogP contribution in [0.2, 0.25) is 0 Å². The molecule has 3 rings (SSSR count). The van der Waals surface area contributed by atoms with E-state index < -0.39 is 0 Å². The zero-order valence-electron chi connectivity index (χ0n) is 12.5. The van der Waals surface area contributed by atoms with Crippen LogP contribution in [-0.2, 0) is 4.79 Å². The highest BCUT2D eigenvalue weighted by atomic mass is 16.3. The van der Waals surface area contributed by atoms with E-state index in [9.17, 15) is 9.59 Å². The largest absolute Gasteiger partial charge is 0.459 e. The molecule has 5 nitrogen and oxygen atoms in total. The first kappa shape index (κ1) is 14.4. The zero-order valence-corrected chi connectivity index (χ0v) is 12.5. The van der Waals surface area contributed by atoms with Gasteiger partial charge in [0, 0.05) is 24.3 Å². The quantitative estimate of drug-likeness (QED) is 0.945. The van der Waals surface area contributed by atoms with Gasteiger partial charge >= 0.3 is 0 Å². The fourth-order valence-corrected chi connectivity index (χ4v) is 2.64. The summed E-state index contributed by atoms with van der Waals surface area (Å²) < 4.78 is 5.08. The third-order valence-electron chi connectivity index (χ3n) is 3.83. The molecule has 1 fully saturated rings. The summed E-state index contributed by atoms with van der Waals surface area (Å²) in [7, 11) is 0. The SMILES string of the molecule is Cc1ccc(NC(=O)c2ccco2)cc1N1CCCCC1=O. The van der Waals surface area contributed by atoms with Crippen molar-refractivity contribution in [3.05, 3.63) is 47.9 Å². The minimum absolute atomic E-state index is 0.142. The van der Waals surface area contributed by atoms with Gasteiger partial charge in [-0.05, 0) is 49.6 Å². The zero-order chi connectivity index (χ0) is 15.5. The fourth-order valence-electron chi connectivity index (χ4n) is 2.64. The molecule has 1 aromatic heterocycles. The summed E-state index contributed by atoms with van der Waals surface area (Å²) in [5.41, 5.74) is 2.54. The van der Waals surface area contributed by atoms with E-state index in [4.69, 9.17) is 4.42 Å².